The van der Waals surface area contributed by atoms with Gasteiger partial charge in [-0.2, -0.15) is 0 Å². The van der Waals surface area contributed by atoms with Gasteiger partial charge in [0.2, 0.25) is 0 Å². The van der Waals surface area contributed by atoms with Gasteiger partial charge >= 0.3 is 0 Å². The molecule has 0 aromatic carbocycles. The second kappa shape index (κ2) is 5.35. The first kappa shape index (κ1) is 12.8. The van der Waals surface area contributed by atoms with Crippen molar-refractivity contribution in [1.29, 1.82) is 0 Å². The van der Waals surface area contributed by atoms with Gasteiger partial charge in [-0.3, -0.25) is 9.59 Å². The van der Waals surface area contributed by atoms with E-state index in [1.165, 1.54) is 10.6 Å². The fourth-order valence-electron chi connectivity index (χ4n) is 2.26. The number of likely N-dealkylation sites (tertiary alicyclic amines) is 1. The molecule has 98 valence electrons. The topological polar surface area (TPSA) is 62.5 Å². The summed E-state index contributed by atoms with van der Waals surface area (Å²) >= 11 is 0. The lowest BCUT2D eigenvalue weighted by Gasteiger charge is -2.31. The van der Waals surface area contributed by atoms with Crippen molar-refractivity contribution in [3.63, 3.8) is 0 Å². The summed E-state index contributed by atoms with van der Waals surface area (Å²) in [5.41, 5.74) is 0.244. The van der Waals surface area contributed by atoms with Crippen LogP contribution in [-0.4, -0.2) is 40.2 Å². The number of carbonyl (C=O) groups is 1. The van der Waals surface area contributed by atoms with Crippen LogP contribution in [-0.2, 0) is 7.05 Å². The summed E-state index contributed by atoms with van der Waals surface area (Å²) < 4.78 is 1.43. The normalized spacial score (nSPS) is 19.9. The number of aryl methyl sites for hydroxylation is 1. The van der Waals surface area contributed by atoms with E-state index in [0.717, 1.165) is 12.8 Å². The maximum Gasteiger partial charge on any atom is 0.254 e. The summed E-state index contributed by atoms with van der Waals surface area (Å²) in [5.74, 6) is 0.0418. The number of piperidine rings is 1. The molecule has 0 spiro atoms. The van der Waals surface area contributed by atoms with Crippen molar-refractivity contribution in [2.75, 3.05) is 19.7 Å². The average molecular weight is 250 g/mol. The van der Waals surface area contributed by atoms with E-state index >= 15 is 0 Å². The highest BCUT2D eigenvalue weighted by Crippen LogP contribution is 2.17. The molecule has 1 amide bonds. The van der Waals surface area contributed by atoms with E-state index in [0.29, 0.717) is 18.7 Å². The van der Waals surface area contributed by atoms with Crippen LogP contribution >= 0.6 is 0 Å². The highest BCUT2D eigenvalue weighted by molar-refractivity contribution is 5.94. The van der Waals surface area contributed by atoms with Crippen LogP contribution in [0.4, 0.5) is 0 Å². The van der Waals surface area contributed by atoms with Crippen LogP contribution in [0.15, 0.2) is 23.1 Å². The third kappa shape index (κ3) is 2.61. The van der Waals surface area contributed by atoms with Crippen LogP contribution in [0.5, 0.6) is 0 Å². The molecule has 18 heavy (non-hydrogen) atoms. The van der Waals surface area contributed by atoms with Gasteiger partial charge < -0.3 is 14.6 Å². The van der Waals surface area contributed by atoms with Crippen molar-refractivity contribution < 1.29 is 9.90 Å². The quantitative estimate of drug-likeness (QED) is 0.817. The summed E-state index contributed by atoms with van der Waals surface area (Å²) in [6, 6.07) is 3.02. The summed E-state index contributed by atoms with van der Waals surface area (Å²) in [6.45, 7) is 1.38. The maximum absolute atomic E-state index is 12.2. The molecule has 0 bridgehead atoms. The zero-order valence-electron chi connectivity index (χ0n) is 10.5. The molecular weight excluding hydrogens is 232 g/mol. The zero-order chi connectivity index (χ0) is 13.1. The number of rotatable bonds is 2. The summed E-state index contributed by atoms with van der Waals surface area (Å²) in [6.07, 6.45) is 3.46. The SMILES string of the molecule is Cn1ccc(C(=O)N2CCCC(CO)C2)cc1=O. The zero-order valence-corrected chi connectivity index (χ0v) is 10.5. The van der Waals surface area contributed by atoms with Crippen LogP contribution in [0.25, 0.3) is 0 Å². The summed E-state index contributed by atoms with van der Waals surface area (Å²) in [7, 11) is 1.65. The van der Waals surface area contributed by atoms with Gasteiger partial charge in [0.15, 0.2) is 0 Å². The van der Waals surface area contributed by atoms with E-state index in [1.807, 2.05) is 0 Å². The fourth-order valence-corrected chi connectivity index (χ4v) is 2.26. The van der Waals surface area contributed by atoms with Crippen LogP contribution < -0.4 is 5.56 Å². The highest BCUT2D eigenvalue weighted by atomic mass is 16.3. The third-order valence-electron chi connectivity index (χ3n) is 3.42. The Labute approximate surface area is 106 Å². The number of carbonyl (C=O) groups excluding carboxylic acids is 1. The van der Waals surface area contributed by atoms with Crippen LogP contribution in [0.1, 0.15) is 23.2 Å². The van der Waals surface area contributed by atoms with Gasteiger partial charge in [0, 0.05) is 44.6 Å². The molecule has 5 nitrogen and oxygen atoms in total. The monoisotopic (exact) mass is 250 g/mol. The van der Waals surface area contributed by atoms with Gasteiger partial charge in [0.1, 0.15) is 0 Å². The minimum atomic E-state index is -0.184. The molecule has 1 saturated heterocycles. The Morgan fingerprint density at radius 3 is 3.00 bits per heavy atom. The Morgan fingerprint density at radius 2 is 2.33 bits per heavy atom. The van der Waals surface area contributed by atoms with Crippen molar-refractivity contribution in [2.24, 2.45) is 13.0 Å². The number of hydrogen-bond acceptors (Lipinski definition) is 3. The molecule has 2 heterocycles. The summed E-state index contributed by atoms with van der Waals surface area (Å²) in [5, 5.41) is 9.15. The van der Waals surface area contributed by atoms with Crippen LogP contribution in [0.2, 0.25) is 0 Å². The molecule has 1 aliphatic rings. The Bertz CT molecular complexity index is 495. The molecule has 1 unspecified atom stereocenters. The number of aromatic nitrogens is 1. The van der Waals surface area contributed by atoms with E-state index in [1.54, 1.807) is 24.2 Å². The van der Waals surface area contributed by atoms with Crippen LogP contribution in [0.3, 0.4) is 0 Å². The number of aliphatic hydroxyl groups excluding tert-OH is 1. The first-order chi connectivity index (χ1) is 8.61. The van der Waals surface area contributed by atoms with Gasteiger partial charge in [0.05, 0.1) is 0 Å². The molecular formula is C13H18N2O3. The predicted octanol–water partition coefficient (Wildman–Crippen LogP) is 0.230. The number of aliphatic hydroxyl groups is 1. The number of nitrogens with zero attached hydrogens (tertiary/aromatic N) is 2. The maximum atomic E-state index is 12.2. The van der Waals surface area contributed by atoms with Crippen LogP contribution in [0, 0.1) is 5.92 Å². The molecule has 2 rings (SSSR count). The lowest BCUT2D eigenvalue weighted by atomic mass is 9.98. The molecule has 0 saturated carbocycles. The molecule has 1 aromatic heterocycles. The van der Waals surface area contributed by atoms with Gasteiger partial charge in [-0.25, -0.2) is 0 Å². The molecule has 1 fully saturated rings. The minimum absolute atomic E-state index is 0.111. The van der Waals surface area contributed by atoms with E-state index in [2.05, 4.69) is 0 Å². The molecule has 0 radical (unpaired) electrons. The lowest BCUT2D eigenvalue weighted by Crippen LogP contribution is -2.41. The predicted molar refractivity (Wildman–Crippen MR) is 67.4 cm³/mol. The largest absolute Gasteiger partial charge is 0.396 e. The molecule has 1 aliphatic heterocycles. The third-order valence-corrected chi connectivity index (χ3v) is 3.42. The van der Waals surface area contributed by atoms with E-state index in [9.17, 15) is 9.59 Å². The molecule has 0 aliphatic carbocycles. The van der Waals surface area contributed by atoms with Gasteiger partial charge in [0.25, 0.3) is 11.5 Å². The first-order valence-electron chi connectivity index (χ1n) is 6.18. The van der Waals surface area contributed by atoms with E-state index in [4.69, 9.17) is 5.11 Å². The smallest absolute Gasteiger partial charge is 0.254 e. The number of pyridine rings is 1. The van der Waals surface area contributed by atoms with Crippen molar-refractivity contribution in [3.05, 3.63) is 34.2 Å². The fraction of sp³-hybridized carbons (Fsp3) is 0.538. The molecule has 1 aromatic rings. The Kier molecular flexibility index (Phi) is 3.81. The average Bonchev–Trinajstić information content (AvgIpc) is 2.41. The molecule has 1 N–H and O–H groups in total. The standard InChI is InChI=1S/C13H18N2O3/c1-14-6-4-11(7-12(14)17)13(18)15-5-2-3-10(8-15)9-16/h4,6-7,10,16H,2-3,5,8-9H2,1H3. The summed E-state index contributed by atoms with van der Waals surface area (Å²) in [4.78, 5) is 25.4. The second-order valence-electron chi connectivity index (χ2n) is 4.81. The van der Waals surface area contributed by atoms with E-state index in [-0.39, 0.29) is 24.0 Å². The van der Waals surface area contributed by atoms with E-state index < -0.39 is 0 Å². The first-order valence-corrected chi connectivity index (χ1v) is 6.18. The van der Waals surface area contributed by atoms with Crippen molar-refractivity contribution in [1.82, 2.24) is 9.47 Å². The van der Waals surface area contributed by atoms with Crippen molar-refractivity contribution >= 4 is 5.91 Å². The van der Waals surface area contributed by atoms with Crippen molar-refractivity contribution in [2.45, 2.75) is 12.8 Å². The minimum Gasteiger partial charge on any atom is -0.396 e. The number of amides is 1. The Balaban J connectivity index is 2.15. The van der Waals surface area contributed by atoms with Gasteiger partial charge in [-0.05, 0) is 24.8 Å². The van der Waals surface area contributed by atoms with Gasteiger partial charge in [-0.15, -0.1) is 0 Å². The second-order valence-corrected chi connectivity index (χ2v) is 4.81. The van der Waals surface area contributed by atoms with Crippen molar-refractivity contribution in [3.8, 4) is 0 Å². The molecule has 1 atom stereocenters. The highest BCUT2D eigenvalue weighted by Gasteiger charge is 2.24. The number of hydrogen-bond donors (Lipinski definition) is 1. The lowest BCUT2D eigenvalue weighted by molar-refractivity contribution is 0.0620. The van der Waals surface area contributed by atoms with Gasteiger partial charge in [-0.1, -0.05) is 0 Å². The Hall–Kier alpha value is -1.62. The Morgan fingerprint density at radius 1 is 1.56 bits per heavy atom. The molecule has 5 heteroatoms.